The monoisotopic (exact) mass is 545 g/mol. The highest BCUT2D eigenvalue weighted by Crippen LogP contribution is 2.47. The van der Waals surface area contributed by atoms with Crippen molar-refractivity contribution in [1.29, 1.82) is 0 Å². The molecule has 39 heavy (non-hydrogen) atoms. The molecule has 0 saturated carbocycles. The Kier molecular flexibility index (Phi) is 10.0. The number of carbonyl (C=O) groups is 2. The third-order valence-corrected chi connectivity index (χ3v) is 9.47. The maximum absolute atomic E-state index is 12.6. The molecule has 0 spiro atoms. The molecule has 0 radical (unpaired) electrons. The van der Waals surface area contributed by atoms with E-state index in [0.29, 0.717) is 35.4 Å². The molecule has 1 aliphatic rings. The van der Waals surface area contributed by atoms with Crippen molar-refractivity contribution in [2.75, 3.05) is 7.05 Å². The summed E-state index contributed by atoms with van der Waals surface area (Å²) >= 11 is 0. The highest BCUT2D eigenvalue weighted by Gasteiger charge is 2.44. The third kappa shape index (κ3) is 7.56. The summed E-state index contributed by atoms with van der Waals surface area (Å²) in [6.07, 6.45) is 6.33. The lowest BCUT2D eigenvalue weighted by molar-refractivity contribution is -0.137. The van der Waals surface area contributed by atoms with Gasteiger partial charge in [0, 0.05) is 28.6 Å². The quantitative estimate of drug-likeness (QED) is 0.257. The summed E-state index contributed by atoms with van der Waals surface area (Å²) in [7, 11) is 2.23. The van der Waals surface area contributed by atoms with Gasteiger partial charge in [0.2, 0.25) is 0 Å². The fourth-order valence-corrected chi connectivity index (χ4v) is 6.73. The topological polar surface area (TPSA) is 98.1 Å². The van der Waals surface area contributed by atoms with E-state index >= 15 is 0 Å². The van der Waals surface area contributed by atoms with Crippen molar-refractivity contribution < 1.29 is 24.9 Å². The standard InChI is InChI=1S/C33H55NO5/c1-30(2,3)24-20-23(29(38)39)26(27(28(24)37)31(4,5)6)21(16-17-25(35)36)14-12-13-15-22-18-19-32(7,8)34(11)33(22,9)10/h20-22,37H,12-19H2,1-11H3,(H,35,36)(H,38,39). The zero-order valence-corrected chi connectivity index (χ0v) is 26.5. The van der Waals surface area contributed by atoms with E-state index in [1.165, 1.54) is 6.42 Å². The number of aromatic carboxylic acids is 1. The average molecular weight is 546 g/mol. The first kappa shape index (κ1) is 33.1. The number of likely N-dealkylation sites (tertiary alicyclic amines) is 1. The van der Waals surface area contributed by atoms with Gasteiger partial charge in [-0.05, 0) is 101 Å². The van der Waals surface area contributed by atoms with E-state index in [1.54, 1.807) is 6.07 Å². The van der Waals surface area contributed by atoms with Gasteiger partial charge in [0.15, 0.2) is 0 Å². The molecule has 6 heteroatoms. The predicted octanol–water partition coefficient (Wildman–Crippen LogP) is 8.09. The molecular weight excluding hydrogens is 490 g/mol. The van der Waals surface area contributed by atoms with Crippen LogP contribution >= 0.6 is 0 Å². The van der Waals surface area contributed by atoms with Crippen molar-refractivity contribution in [3.05, 3.63) is 28.3 Å². The van der Waals surface area contributed by atoms with Gasteiger partial charge in [0.05, 0.1) is 5.56 Å². The largest absolute Gasteiger partial charge is 0.507 e. The molecule has 1 aromatic carbocycles. The van der Waals surface area contributed by atoms with Crippen LogP contribution in [0.4, 0.5) is 0 Å². The Morgan fingerprint density at radius 3 is 2.08 bits per heavy atom. The molecule has 0 aliphatic carbocycles. The van der Waals surface area contributed by atoms with Crippen LogP contribution in [-0.4, -0.2) is 50.3 Å². The number of phenolic OH excluding ortho intramolecular Hbond substituents is 1. The van der Waals surface area contributed by atoms with Crippen LogP contribution in [0, 0.1) is 5.92 Å². The smallest absolute Gasteiger partial charge is 0.335 e. The third-order valence-electron chi connectivity index (χ3n) is 9.47. The van der Waals surface area contributed by atoms with Crippen LogP contribution in [0.25, 0.3) is 0 Å². The van der Waals surface area contributed by atoms with Gasteiger partial charge in [-0.15, -0.1) is 0 Å². The summed E-state index contributed by atoms with van der Waals surface area (Å²) in [5.41, 5.74) is 1.36. The number of carboxylic acids is 2. The Bertz CT molecular complexity index is 1040. The number of nitrogens with zero attached hydrogens (tertiary/aromatic N) is 1. The SMILES string of the molecule is CN1C(C)(C)CCC(CCCCC(CCC(=O)O)c2c(C(=O)O)cc(C(C)(C)C)c(O)c2C(C)(C)C)C1(C)C. The van der Waals surface area contributed by atoms with Gasteiger partial charge in [0.25, 0.3) is 0 Å². The number of unbranched alkanes of at least 4 members (excludes halogenated alkanes) is 1. The first-order valence-corrected chi connectivity index (χ1v) is 14.7. The molecule has 222 valence electrons. The number of hydrogen-bond donors (Lipinski definition) is 3. The van der Waals surface area contributed by atoms with Crippen molar-refractivity contribution in [2.45, 2.75) is 148 Å². The van der Waals surface area contributed by atoms with Gasteiger partial charge >= 0.3 is 11.9 Å². The molecule has 0 aromatic heterocycles. The molecule has 0 amide bonds. The number of aliphatic carboxylic acids is 1. The lowest BCUT2D eigenvalue weighted by Gasteiger charge is -2.55. The average Bonchev–Trinajstić information content (AvgIpc) is 2.76. The lowest BCUT2D eigenvalue weighted by atomic mass is 9.70. The second kappa shape index (κ2) is 11.8. The van der Waals surface area contributed by atoms with Crippen LogP contribution in [0.1, 0.15) is 154 Å². The summed E-state index contributed by atoms with van der Waals surface area (Å²) in [5, 5.41) is 31.4. The number of benzene rings is 1. The zero-order chi connectivity index (χ0) is 30.1. The van der Waals surface area contributed by atoms with Crippen molar-refractivity contribution >= 4 is 11.9 Å². The van der Waals surface area contributed by atoms with Gasteiger partial charge in [0.1, 0.15) is 5.75 Å². The summed E-state index contributed by atoms with van der Waals surface area (Å²) in [6.45, 7) is 21.2. The first-order chi connectivity index (χ1) is 17.6. The summed E-state index contributed by atoms with van der Waals surface area (Å²) in [4.78, 5) is 26.7. The van der Waals surface area contributed by atoms with Crippen molar-refractivity contribution in [3.63, 3.8) is 0 Å². The van der Waals surface area contributed by atoms with E-state index in [9.17, 15) is 24.9 Å². The fourth-order valence-electron chi connectivity index (χ4n) is 6.73. The molecule has 1 fully saturated rings. The Morgan fingerprint density at radius 2 is 1.59 bits per heavy atom. The van der Waals surface area contributed by atoms with Gasteiger partial charge in [-0.2, -0.15) is 0 Å². The van der Waals surface area contributed by atoms with E-state index in [2.05, 4.69) is 39.6 Å². The normalized spacial score (nSPS) is 20.5. The van der Waals surface area contributed by atoms with Crippen molar-refractivity contribution in [1.82, 2.24) is 4.90 Å². The highest BCUT2D eigenvalue weighted by atomic mass is 16.4. The number of aromatic hydroxyl groups is 1. The molecule has 0 bridgehead atoms. The summed E-state index contributed by atoms with van der Waals surface area (Å²) < 4.78 is 0. The van der Waals surface area contributed by atoms with Crippen LogP contribution in [0.15, 0.2) is 6.07 Å². The van der Waals surface area contributed by atoms with E-state index in [0.717, 1.165) is 25.7 Å². The maximum atomic E-state index is 12.6. The van der Waals surface area contributed by atoms with E-state index < -0.39 is 22.8 Å². The van der Waals surface area contributed by atoms with Gasteiger partial charge in [-0.25, -0.2) is 4.79 Å². The Balaban J connectivity index is 2.44. The second-order valence-corrected chi connectivity index (χ2v) is 15.1. The van der Waals surface area contributed by atoms with Gasteiger partial charge in [-0.1, -0.05) is 54.4 Å². The lowest BCUT2D eigenvalue weighted by Crippen LogP contribution is -2.60. The minimum atomic E-state index is -1.03. The molecule has 2 atom stereocenters. The minimum absolute atomic E-state index is 0.0371. The van der Waals surface area contributed by atoms with Crippen LogP contribution in [-0.2, 0) is 15.6 Å². The van der Waals surface area contributed by atoms with E-state index in [1.807, 2.05) is 41.5 Å². The second-order valence-electron chi connectivity index (χ2n) is 15.1. The number of hydrogen-bond acceptors (Lipinski definition) is 4. The van der Waals surface area contributed by atoms with Crippen molar-refractivity contribution in [3.8, 4) is 5.75 Å². The molecule has 2 rings (SSSR count). The Hall–Kier alpha value is -2.08. The van der Waals surface area contributed by atoms with Gasteiger partial charge in [-0.3, -0.25) is 9.69 Å². The first-order valence-electron chi connectivity index (χ1n) is 14.7. The zero-order valence-electron chi connectivity index (χ0n) is 26.5. The predicted molar refractivity (Wildman–Crippen MR) is 159 cm³/mol. The van der Waals surface area contributed by atoms with Crippen LogP contribution in [0.3, 0.4) is 0 Å². The number of carboxylic acid groups (broad SMARTS) is 2. The van der Waals surface area contributed by atoms with Crippen LogP contribution in [0.2, 0.25) is 0 Å². The number of piperidine rings is 1. The molecule has 6 nitrogen and oxygen atoms in total. The van der Waals surface area contributed by atoms with E-state index in [4.69, 9.17) is 0 Å². The van der Waals surface area contributed by atoms with Crippen LogP contribution in [0.5, 0.6) is 5.75 Å². The van der Waals surface area contributed by atoms with Crippen LogP contribution < -0.4 is 0 Å². The minimum Gasteiger partial charge on any atom is -0.507 e. The maximum Gasteiger partial charge on any atom is 0.335 e. The molecule has 3 N–H and O–H groups in total. The summed E-state index contributed by atoms with van der Waals surface area (Å²) in [5.74, 6) is -1.47. The molecule has 1 aliphatic heterocycles. The molecule has 2 unspecified atom stereocenters. The highest BCUT2D eigenvalue weighted by molar-refractivity contribution is 5.91. The fraction of sp³-hybridized carbons (Fsp3) is 0.758. The molecule has 1 aromatic rings. The number of phenols is 1. The summed E-state index contributed by atoms with van der Waals surface area (Å²) in [6, 6.07) is 1.62. The molecule has 1 saturated heterocycles. The Labute approximate surface area is 237 Å². The van der Waals surface area contributed by atoms with Gasteiger partial charge < -0.3 is 15.3 Å². The Morgan fingerprint density at radius 1 is 1.00 bits per heavy atom. The molecular formula is C33H55NO5. The van der Waals surface area contributed by atoms with E-state index in [-0.39, 0.29) is 34.7 Å². The number of rotatable bonds is 10. The molecule has 1 heterocycles. The van der Waals surface area contributed by atoms with Crippen molar-refractivity contribution in [2.24, 2.45) is 5.92 Å².